The molecule has 1 aromatic carbocycles. The summed E-state index contributed by atoms with van der Waals surface area (Å²) in [5.74, 6) is -0.836. The number of β-lactam (4-membered cyclic amide) rings is 1. The number of thioether (sulfide) groups is 2. The largest absolute Gasteiger partial charge is 0.477 e. The van der Waals surface area contributed by atoms with E-state index in [0.717, 1.165) is 5.56 Å². The molecule has 1 saturated heterocycles. The zero-order valence-corrected chi connectivity index (χ0v) is 18.0. The number of amides is 3. The number of fused-ring (bicyclic) bond motifs is 1. The molecule has 0 spiro atoms. The van der Waals surface area contributed by atoms with Crippen molar-refractivity contribution in [2.45, 2.75) is 23.1 Å². The lowest BCUT2D eigenvalue weighted by molar-refractivity contribution is -0.148. The molecule has 13 heteroatoms. The fourth-order valence-corrected chi connectivity index (χ4v) is 5.59. The highest BCUT2D eigenvalue weighted by Crippen LogP contribution is 2.41. The summed E-state index contributed by atoms with van der Waals surface area (Å²) in [7, 11) is 1.69. The van der Waals surface area contributed by atoms with Crippen LogP contribution in [0.15, 0.2) is 46.8 Å². The number of carboxylic acids is 1. The summed E-state index contributed by atoms with van der Waals surface area (Å²) in [6.07, 6.45) is 0. The molecule has 3 N–H and O–H groups in total. The summed E-state index contributed by atoms with van der Waals surface area (Å²) in [5.41, 5.74) is 1.52. The van der Waals surface area contributed by atoms with E-state index in [1.54, 1.807) is 7.05 Å². The van der Waals surface area contributed by atoms with Crippen LogP contribution in [0.5, 0.6) is 0 Å². The lowest BCUT2D eigenvalue weighted by Crippen LogP contribution is -2.71. The zero-order valence-electron chi connectivity index (χ0n) is 16.4. The zero-order chi connectivity index (χ0) is 22.0. The Bertz CT molecular complexity index is 1040. The monoisotopic (exact) mass is 461 g/mol. The lowest BCUT2D eigenvalue weighted by atomic mass is 10.0. The van der Waals surface area contributed by atoms with Gasteiger partial charge in [0.25, 0.3) is 5.91 Å². The number of carbonyl (C=O) groups is 3. The van der Waals surface area contributed by atoms with Crippen LogP contribution in [-0.2, 0) is 23.2 Å². The number of carbonyl (C=O) groups excluding carboxylic acids is 2. The molecule has 11 nitrogen and oxygen atoms in total. The van der Waals surface area contributed by atoms with E-state index in [1.807, 2.05) is 30.3 Å². The molecule has 0 bridgehead atoms. The standard InChI is InChI=1S/C18H19N7O4S2/c1-24-18(21-22-23-24)31-9-11-8-30-15-12(14(26)25(15)13(11)16(27)28)20-17(29)19-7-10-5-3-2-4-6-10/h2-6,12,15H,7-9H2,1H3,(H,27,28)(H2,19,20,29)/t12?,15-/m0/s1. The van der Waals surface area contributed by atoms with E-state index >= 15 is 0 Å². The second-order valence-electron chi connectivity index (χ2n) is 6.83. The van der Waals surface area contributed by atoms with Crippen LogP contribution in [0, 0.1) is 0 Å². The van der Waals surface area contributed by atoms with E-state index < -0.39 is 29.3 Å². The molecule has 31 heavy (non-hydrogen) atoms. The maximum Gasteiger partial charge on any atom is 0.352 e. The van der Waals surface area contributed by atoms with Gasteiger partial charge in [0.15, 0.2) is 0 Å². The third kappa shape index (κ3) is 4.37. The van der Waals surface area contributed by atoms with Crippen molar-refractivity contribution in [1.29, 1.82) is 0 Å². The van der Waals surface area contributed by atoms with E-state index in [0.29, 0.717) is 28.8 Å². The third-order valence-corrected chi connectivity index (χ3v) is 7.23. The molecule has 0 aliphatic carbocycles. The molecule has 3 heterocycles. The predicted octanol–water partition coefficient (Wildman–Crippen LogP) is 0.424. The van der Waals surface area contributed by atoms with Crippen molar-refractivity contribution in [3.8, 4) is 0 Å². The summed E-state index contributed by atoms with van der Waals surface area (Å²) < 4.78 is 1.49. The van der Waals surface area contributed by atoms with Crippen molar-refractivity contribution in [1.82, 2.24) is 35.7 Å². The first-order chi connectivity index (χ1) is 15.0. The number of benzene rings is 1. The summed E-state index contributed by atoms with van der Waals surface area (Å²) in [5, 5.41) is 26.4. The number of nitrogens with zero attached hydrogens (tertiary/aromatic N) is 5. The van der Waals surface area contributed by atoms with Crippen molar-refractivity contribution >= 4 is 41.4 Å². The molecule has 2 aromatic rings. The van der Waals surface area contributed by atoms with E-state index in [-0.39, 0.29) is 5.70 Å². The number of aliphatic carboxylic acids is 1. The summed E-state index contributed by atoms with van der Waals surface area (Å²) >= 11 is 2.72. The van der Waals surface area contributed by atoms with Crippen LogP contribution >= 0.6 is 23.5 Å². The number of carboxylic acid groups (broad SMARTS) is 1. The normalized spacial score (nSPS) is 20.2. The molecule has 1 aromatic heterocycles. The fourth-order valence-electron chi connectivity index (χ4n) is 3.26. The average Bonchev–Trinajstić information content (AvgIpc) is 3.19. The van der Waals surface area contributed by atoms with E-state index in [9.17, 15) is 19.5 Å². The third-order valence-electron chi connectivity index (χ3n) is 4.79. The Morgan fingerprint density at radius 3 is 2.77 bits per heavy atom. The molecule has 1 fully saturated rings. The van der Waals surface area contributed by atoms with Crippen LogP contribution in [0.25, 0.3) is 0 Å². The molecular weight excluding hydrogens is 442 g/mol. The maximum absolute atomic E-state index is 12.7. The van der Waals surface area contributed by atoms with Gasteiger partial charge in [0.1, 0.15) is 17.1 Å². The number of urea groups is 1. The summed E-state index contributed by atoms with van der Waals surface area (Å²) in [6, 6.07) is 8.15. The van der Waals surface area contributed by atoms with Crippen molar-refractivity contribution in [3.05, 3.63) is 47.2 Å². The van der Waals surface area contributed by atoms with Crippen LogP contribution < -0.4 is 10.6 Å². The SMILES string of the molecule is Cn1nnnc1SCC1=C(C(=O)O)N2C(=O)C(NC(=O)NCc3ccccc3)[C@@H]2SC1. The highest BCUT2D eigenvalue weighted by atomic mass is 32.2. The van der Waals surface area contributed by atoms with E-state index in [4.69, 9.17) is 0 Å². The summed E-state index contributed by atoms with van der Waals surface area (Å²) in [4.78, 5) is 38.1. The maximum atomic E-state index is 12.7. The average molecular weight is 462 g/mol. The van der Waals surface area contributed by atoms with Gasteiger partial charge < -0.3 is 15.7 Å². The number of hydrogen-bond acceptors (Lipinski definition) is 8. The molecule has 2 aliphatic heterocycles. The van der Waals surface area contributed by atoms with Gasteiger partial charge in [0.2, 0.25) is 5.16 Å². The first-order valence-electron chi connectivity index (χ1n) is 9.29. The molecule has 1 unspecified atom stereocenters. The van der Waals surface area contributed by atoms with Gasteiger partial charge in [-0.25, -0.2) is 14.3 Å². The minimum atomic E-state index is -1.17. The van der Waals surface area contributed by atoms with Crippen molar-refractivity contribution < 1.29 is 19.5 Å². The van der Waals surface area contributed by atoms with Crippen LogP contribution in [0.1, 0.15) is 5.56 Å². The Morgan fingerprint density at radius 1 is 1.32 bits per heavy atom. The van der Waals surface area contributed by atoms with Gasteiger partial charge in [-0.1, -0.05) is 42.1 Å². The predicted molar refractivity (Wildman–Crippen MR) is 113 cm³/mol. The molecule has 4 rings (SSSR count). The molecule has 3 amide bonds. The molecular formula is C18H19N7O4S2. The molecule has 2 atom stereocenters. The fraction of sp³-hybridized carbons (Fsp3) is 0.333. The van der Waals surface area contributed by atoms with E-state index in [1.165, 1.54) is 33.1 Å². The number of nitrogens with one attached hydrogen (secondary N) is 2. The van der Waals surface area contributed by atoms with Crippen LogP contribution in [0.3, 0.4) is 0 Å². The van der Waals surface area contributed by atoms with Gasteiger partial charge in [-0.05, 0) is 21.6 Å². The quantitative estimate of drug-likeness (QED) is 0.395. The smallest absolute Gasteiger partial charge is 0.352 e. The first kappa shape index (κ1) is 21.2. The van der Waals surface area contributed by atoms with Gasteiger partial charge >= 0.3 is 12.0 Å². The van der Waals surface area contributed by atoms with E-state index in [2.05, 4.69) is 26.2 Å². The highest BCUT2D eigenvalue weighted by Gasteiger charge is 2.54. The molecule has 0 saturated carbocycles. The van der Waals surface area contributed by atoms with Crippen molar-refractivity contribution in [2.24, 2.45) is 7.05 Å². The first-order valence-corrected chi connectivity index (χ1v) is 11.3. The molecule has 162 valence electrons. The highest BCUT2D eigenvalue weighted by molar-refractivity contribution is 8.01. The van der Waals surface area contributed by atoms with Crippen LogP contribution in [0.4, 0.5) is 4.79 Å². The number of rotatable bonds is 7. The Morgan fingerprint density at radius 2 is 2.10 bits per heavy atom. The second-order valence-corrected chi connectivity index (χ2v) is 8.88. The molecule has 2 aliphatic rings. The summed E-state index contributed by atoms with van der Waals surface area (Å²) in [6.45, 7) is 0.327. The van der Waals surface area contributed by atoms with Crippen LogP contribution in [0.2, 0.25) is 0 Å². The van der Waals surface area contributed by atoms with Gasteiger partial charge in [-0.15, -0.1) is 16.9 Å². The number of hydrogen-bond donors (Lipinski definition) is 3. The second kappa shape index (κ2) is 8.98. The van der Waals surface area contributed by atoms with Gasteiger partial charge in [-0.3, -0.25) is 9.69 Å². The van der Waals surface area contributed by atoms with Gasteiger partial charge in [0, 0.05) is 25.1 Å². The Hall–Kier alpha value is -3.06. The number of tetrazole rings is 1. The minimum absolute atomic E-state index is 0.0286. The topological polar surface area (TPSA) is 142 Å². The lowest BCUT2D eigenvalue weighted by Gasteiger charge is -2.49. The molecule has 0 radical (unpaired) electrons. The van der Waals surface area contributed by atoms with Gasteiger partial charge in [-0.2, -0.15) is 0 Å². The number of aromatic nitrogens is 4. The number of aryl methyl sites for hydroxylation is 1. The Kier molecular flexibility index (Phi) is 6.13. The van der Waals surface area contributed by atoms with Crippen LogP contribution in [-0.4, -0.2) is 71.0 Å². The van der Waals surface area contributed by atoms with Crippen molar-refractivity contribution in [2.75, 3.05) is 11.5 Å². The Labute approximate surface area is 185 Å². The minimum Gasteiger partial charge on any atom is -0.477 e. The Balaban J connectivity index is 1.39. The van der Waals surface area contributed by atoms with Crippen molar-refractivity contribution in [3.63, 3.8) is 0 Å². The van der Waals surface area contributed by atoms with Gasteiger partial charge in [0.05, 0.1) is 0 Å².